The number of nitrogens with zero attached hydrogens (tertiary/aromatic N) is 1. The Balaban J connectivity index is 2.08. The lowest BCUT2D eigenvalue weighted by Crippen LogP contribution is -2.07. The molecule has 1 aromatic carbocycles. The molecule has 1 aromatic rings. The number of benzene rings is 1. The number of halogens is 1. The van der Waals surface area contributed by atoms with E-state index in [1.807, 2.05) is 23.9 Å². The van der Waals surface area contributed by atoms with Gasteiger partial charge in [-0.3, -0.25) is 0 Å². The van der Waals surface area contributed by atoms with Crippen LogP contribution in [0.15, 0.2) is 27.6 Å². The van der Waals surface area contributed by atoms with Crippen LogP contribution in [0.2, 0.25) is 0 Å². The Hall–Kier alpha value is -0.460. The highest BCUT2D eigenvalue weighted by Gasteiger charge is 2.14. The maximum Gasteiger partial charge on any atom is 0.0992 e. The van der Waals surface area contributed by atoms with Gasteiger partial charge in [-0.1, -0.05) is 35.2 Å². The Bertz CT molecular complexity index is 405. The molecule has 0 aliphatic heterocycles. The minimum Gasteiger partial charge on any atom is -0.192 e. The zero-order valence-corrected chi connectivity index (χ0v) is 11.5. The van der Waals surface area contributed by atoms with E-state index in [1.54, 1.807) is 0 Å². The summed E-state index contributed by atoms with van der Waals surface area (Å²) in [5.74, 6) is 0. The topological polar surface area (TPSA) is 23.8 Å². The van der Waals surface area contributed by atoms with Gasteiger partial charge in [0.1, 0.15) is 0 Å². The maximum absolute atomic E-state index is 8.91. The molecule has 0 bridgehead atoms. The molecule has 0 radical (unpaired) electrons. The average Bonchev–Trinajstić information content (AvgIpc) is 2.29. The van der Waals surface area contributed by atoms with Crippen LogP contribution in [0.1, 0.15) is 37.7 Å². The molecule has 1 saturated carbocycles. The van der Waals surface area contributed by atoms with Gasteiger partial charge in [0.25, 0.3) is 0 Å². The molecule has 1 nitrogen and oxygen atoms in total. The Morgan fingerprint density at radius 3 is 2.62 bits per heavy atom. The molecule has 0 atom stereocenters. The van der Waals surface area contributed by atoms with Crippen molar-refractivity contribution in [3.8, 4) is 6.07 Å². The Labute approximate surface area is 109 Å². The molecule has 1 fully saturated rings. The van der Waals surface area contributed by atoms with E-state index < -0.39 is 0 Å². The van der Waals surface area contributed by atoms with Crippen LogP contribution in [-0.4, -0.2) is 5.25 Å². The molecule has 16 heavy (non-hydrogen) atoms. The van der Waals surface area contributed by atoms with Crippen LogP contribution in [0.25, 0.3) is 0 Å². The van der Waals surface area contributed by atoms with Crippen LogP contribution < -0.4 is 0 Å². The van der Waals surface area contributed by atoms with Gasteiger partial charge in [0, 0.05) is 14.6 Å². The van der Waals surface area contributed by atoms with Gasteiger partial charge in [0.15, 0.2) is 0 Å². The summed E-state index contributed by atoms with van der Waals surface area (Å²) >= 11 is 5.38. The molecule has 0 amide bonds. The summed E-state index contributed by atoms with van der Waals surface area (Å²) in [6.45, 7) is 0. The van der Waals surface area contributed by atoms with E-state index in [-0.39, 0.29) is 0 Å². The summed E-state index contributed by atoms with van der Waals surface area (Å²) in [5.41, 5.74) is 0.743. The van der Waals surface area contributed by atoms with Gasteiger partial charge in [-0.05, 0) is 31.0 Å². The van der Waals surface area contributed by atoms with E-state index in [9.17, 15) is 0 Å². The van der Waals surface area contributed by atoms with Gasteiger partial charge in [-0.2, -0.15) is 5.26 Å². The Morgan fingerprint density at radius 1 is 1.19 bits per heavy atom. The summed E-state index contributed by atoms with van der Waals surface area (Å²) in [7, 11) is 0. The molecule has 0 saturated heterocycles. The lowest BCUT2D eigenvalue weighted by molar-refractivity contribution is 0.516. The highest BCUT2D eigenvalue weighted by atomic mass is 79.9. The maximum atomic E-state index is 8.91. The van der Waals surface area contributed by atoms with Crippen molar-refractivity contribution < 1.29 is 0 Å². The van der Waals surface area contributed by atoms with Crippen LogP contribution in [0.3, 0.4) is 0 Å². The van der Waals surface area contributed by atoms with Crippen LogP contribution in [0.4, 0.5) is 0 Å². The lowest BCUT2D eigenvalue weighted by atomic mass is 10.0. The highest BCUT2D eigenvalue weighted by molar-refractivity contribution is 9.10. The van der Waals surface area contributed by atoms with Gasteiger partial charge in [0.05, 0.1) is 11.6 Å². The van der Waals surface area contributed by atoms with E-state index in [1.165, 1.54) is 37.0 Å². The second kappa shape index (κ2) is 5.75. The summed E-state index contributed by atoms with van der Waals surface area (Å²) in [4.78, 5) is 1.22. The summed E-state index contributed by atoms with van der Waals surface area (Å²) in [5, 5.41) is 9.66. The van der Waals surface area contributed by atoms with E-state index in [4.69, 9.17) is 5.26 Å². The van der Waals surface area contributed by atoms with E-state index in [0.29, 0.717) is 0 Å². The molecule has 1 aliphatic rings. The Kier molecular flexibility index (Phi) is 4.31. The smallest absolute Gasteiger partial charge is 0.0992 e. The zero-order chi connectivity index (χ0) is 11.4. The quantitative estimate of drug-likeness (QED) is 0.786. The van der Waals surface area contributed by atoms with Gasteiger partial charge in [-0.15, -0.1) is 11.8 Å². The Morgan fingerprint density at radius 2 is 1.94 bits per heavy atom. The molecule has 0 unspecified atom stereocenters. The van der Waals surface area contributed by atoms with Crippen molar-refractivity contribution in [1.29, 1.82) is 5.26 Å². The number of hydrogen-bond donors (Lipinski definition) is 0. The second-order valence-electron chi connectivity index (χ2n) is 4.17. The number of rotatable bonds is 2. The molecular weight excluding hydrogens is 282 g/mol. The molecule has 0 heterocycles. The third-order valence-corrected chi connectivity index (χ3v) is 4.63. The largest absolute Gasteiger partial charge is 0.192 e. The first-order valence-electron chi connectivity index (χ1n) is 5.65. The predicted octanol–water partition coefficient (Wildman–Crippen LogP) is 4.75. The second-order valence-corrected chi connectivity index (χ2v) is 6.45. The van der Waals surface area contributed by atoms with Gasteiger partial charge in [0.2, 0.25) is 0 Å². The summed E-state index contributed by atoms with van der Waals surface area (Å²) in [6.07, 6.45) is 6.74. The van der Waals surface area contributed by atoms with E-state index >= 15 is 0 Å². The van der Waals surface area contributed by atoms with E-state index in [2.05, 4.69) is 28.1 Å². The van der Waals surface area contributed by atoms with Gasteiger partial charge < -0.3 is 0 Å². The summed E-state index contributed by atoms with van der Waals surface area (Å²) in [6, 6.07) is 8.17. The molecular formula is C13H14BrNS. The van der Waals surface area contributed by atoms with Crippen molar-refractivity contribution in [3.05, 3.63) is 28.2 Å². The molecule has 0 spiro atoms. The number of hydrogen-bond acceptors (Lipinski definition) is 2. The van der Waals surface area contributed by atoms with Crippen molar-refractivity contribution in [2.75, 3.05) is 0 Å². The summed E-state index contributed by atoms with van der Waals surface area (Å²) < 4.78 is 1.00. The van der Waals surface area contributed by atoms with Gasteiger partial charge in [-0.25, -0.2) is 0 Å². The number of nitriles is 1. The third-order valence-electron chi connectivity index (χ3n) is 2.86. The average molecular weight is 296 g/mol. The molecule has 3 heteroatoms. The van der Waals surface area contributed by atoms with Crippen molar-refractivity contribution in [2.24, 2.45) is 0 Å². The normalized spacial score (nSPS) is 17.0. The van der Waals surface area contributed by atoms with Crippen molar-refractivity contribution in [3.63, 3.8) is 0 Å². The first-order valence-corrected chi connectivity index (χ1v) is 7.32. The zero-order valence-electron chi connectivity index (χ0n) is 9.08. The SMILES string of the molecule is N#Cc1cc(Br)cc(SC2CCCCC2)c1. The molecule has 2 rings (SSSR count). The highest BCUT2D eigenvalue weighted by Crippen LogP contribution is 2.35. The first-order chi connectivity index (χ1) is 7.78. The van der Waals surface area contributed by atoms with E-state index in [0.717, 1.165) is 15.3 Å². The molecule has 1 aliphatic carbocycles. The van der Waals surface area contributed by atoms with Crippen molar-refractivity contribution in [2.45, 2.75) is 42.2 Å². The monoisotopic (exact) mass is 295 g/mol. The van der Waals surface area contributed by atoms with Crippen LogP contribution >= 0.6 is 27.7 Å². The van der Waals surface area contributed by atoms with Crippen LogP contribution in [0.5, 0.6) is 0 Å². The third kappa shape index (κ3) is 3.26. The fraction of sp³-hybridized carbons (Fsp3) is 0.462. The first kappa shape index (κ1) is 12.0. The standard InChI is InChI=1S/C13H14BrNS/c14-11-6-10(9-15)7-13(8-11)16-12-4-2-1-3-5-12/h6-8,12H,1-5H2. The lowest BCUT2D eigenvalue weighted by Gasteiger charge is -2.21. The van der Waals surface area contributed by atoms with Crippen LogP contribution in [-0.2, 0) is 0 Å². The minimum atomic E-state index is 0.743. The molecule has 0 N–H and O–H groups in total. The van der Waals surface area contributed by atoms with Crippen molar-refractivity contribution >= 4 is 27.7 Å². The molecule has 84 valence electrons. The molecule has 0 aromatic heterocycles. The minimum absolute atomic E-state index is 0.743. The predicted molar refractivity (Wildman–Crippen MR) is 71.6 cm³/mol. The van der Waals surface area contributed by atoms with Gasteiger partial charge >= 0.3 is 0 Å². The van der Waals surface area contributed by atoms with Crippen molar-refractivity contribution in [1.82, 2.24) is 0 Å². The fourth-order valence-corrected chi connectivity index (χ4v) is 4.06. The fourth-order valence-electron chi connectivity index (χ4n) is 2.07. The van der Waals surface area contributed by atoms with Crippen LogP contribution in [0, 0.1) is 11.3 Å². The number of thioether (sulfide) groups is 1.